The summed E-state index contributed by atoms with van der Waals surface area (Å²) in [5.41, 5.74) is 2.20. The number of benzene rings is 1. The van der Waals surface area contributed by atoms with Crippen molar-refractivity contribution in [2.45, 2.75) is 6.18 Å². The summed E-state index contributed by atoms with van der Waals surface area (Å²) < 4.78 is 39.9. The zero-order valence-electron chi connectivity index (χ0n) is 10.6. The summed E-state index contributed by atoms with van der Waals surface area (Å²) in [6.07, 6.45) is 1.07. The van der Waals surface area contributed by atoms with E-state index in [-0.39, 0.29) is 0 Å². The zero-order valence-corrected chi connectivity index (χ0v) is 10.6. The molecule has 0 bridgehead atoms. The van der Waals surface area contributed by atoms with Crippen molar-refractivity contribution >= 4 is 23.6 Å². The number of aromatic nitrogens is 1. The second-order valence-corrected chi connectivity index (χ2v) is 4.63. The molecule has 1 aromatic carbocycles. The molecule has 0 radical (unpaired) electrons. The topological polar surface area (TPSA) is 17.3 Å². The molecule has 0 saturated carbocycles. The van der Waals surface area contributed by atoms with Gasteiger partial charge in [0, 0.05) is 36.3 Å². The molecular formula is C15H11F3N2. The second-order valence-electron chi connectivity index (χ2n) is 4.63. The van der Waals surface area contributed by atoms with Gasteiger partial charge in [-0.2, -0.15) is 13.2 Å². The first kappa shape index (κ1) is 12.7. The van der Waals surface area contributed by atoms with Gasteiger partial charge in [0.05, 0.1) is 11.3 Å². The van der Waals surface area contributed by atoms with Crippen LogP contribution in [0.3, 0.4) is 0 Å². The maximum atomic E-state index is 12.6. The molecule has 0 aliphatic carbocycles. The van der Waals surface area contributed by atoms with Crippen molar-refractivity contribution in [3.05, 3.63) is 53.3 Å². The largest absolute Gasteiger partial charge is 0.416 e. The standard InChI is InChI=1S/C15H11F3N2/c1-20-6-2-3-12(20)7-10-9-19-14-8-11(15(16,17)18)4-5-13(10)14/h2-9H,1H3. The highest BCUT2D eigenvalue weighted by Gasteiger charge is 2.31. The molecule has 0 spiro atoms. The molecule has 0 N–H and O–H groups in total. The molecule has 0 fully saturated rings. The molecule has 2 heterocycles. The minimum absolute atomic E-state index is 0.361. The molecule has 1 aromatic heterocycles. The molecule has 0 unspecified atom stereocenters. The lowest BCUT2D eigenvalue weighted by molar-refractivity contribution is -0.137. The van der Waals surface area contributed by atoms with Crippen LogP contribution in [-0.4, -0.2) is 10.8 Å². The van der Waals surface area contributed by atoms with Crippen molar-refractivity contribution in [1.29, 1.82) is 0 Å². The predicted octanol–water partition coefficient (Wildman–Crippen LogP) is 4.30. The number of halogens is 3. The Morgan fingerprint density at radius 3 is 2.65 bits per heavy atom. The summed E-state index contributed by atoms with van der Waals surface area (Å²) in [4.78, 5) is 4.06. The van der Waals surface area contributed by atoms with Gasteiger partial charge in [-0.25, -0.2) is 0 Å². The van der Waals surface area contributed by atoms with E-state index in [0.29, 0.717) is 5.69 Å². The fraction of sp³-hybridized carbons (Fsp3) is 0.133. The van der Waals surface area contributed by atoms with E-state index in [0.717, 1.165) is 29.0 Å². The summed E-state index contributed by atoms with van der Waals surface area (Å²) in [5, 5.41) is 0. The molecule has 0 atom stereocenters. The minimum Gasteiger partial charge on any atom is -0.351 e. The van der Waals surface area contributed by atoms with Crippen LogP contribution in [0.4, 0.5) is 18.9 Å². The highest BCUT2D eigenvalue weighted by atomic mass is 19.4. The molecule has 1 aliphatic rings. The number of fused-ring (bicyclic) bond motifs is 1. The first-order valence-electron chi connectivity index (χ1n) is 6.04. The number of nitrogens with zero attached hydrogens (tertiary/aromatic N) is 2. The molecule has 5 heteroatoms. The summed E-state index contributed by atoms with van der Waals surface area (Å²) >= 11 is 0. The quantitative estimate of drug-likeness (QED) is 0.739. The van der Waals surface area contributed by atoms with Gasteiger partial charge in [-0.3, -0.25) is 4.99 Å². The van der Waals surface area contributed by atoms with Gasteiger partial charge >= 0.3 is 6.18 Å². The van der Waals surface area contributed by atoms with Crippen molar-refractivity contribution in [2.75, 3.05) is 0 Å². The third kappa shape index (κ3) is 2.15. The number of hydrogen-bond donors (Lipinski definition) is 0. The van der Waals surface area contributed by atoms with Gasteiger partial charge in [-0.15, -0.1) is 0 Å². The highest BCUT2D eigenvalue weighted by Crippen LogP contribution is 2.38. The van der Waals surface area contributed by atoms with Crippen LogP contribution < -0.4 is 0 Å². The van der Waals surface area contributed by atoms with Crippen molar-refractivity contribution in [2.24, 2.45) is 12.0 Å². The van der Waals surface area contributed by atoms with Crippen LogP contribution in [0.5, 0.6) is 0 Å². The monoisotopic (exact) mass is 276 g/mol. The minimum atomic E-state index is -4.34. The van der Waals surface area contributed by atoms with E-state index >= 15 is 0 Å². The maximum Gasteiger partial charge on any atom is 0.416 e. The Morgan fingerprint density at radius 2 is 2.00 bits per heavy atom. The van der Waals surface area contributed by atoms with Crippen molar-refractivity contribution in [1.82, 2.24) is 4.57 Å². The Morgan fingerprint density at radius 1 is 1.20 bits per heavy atom. The Bertz CT molecular complexity index is 721. The third-order valence-electron chi connectivity index (χ3n) is 3.27. The predicted molar refractivity (Wildman–Crippen MR) is 72.9 cm³/mol. The van der Waals surface area contributed by atoms with Crippen molar-refractivity contribution in [3.63, 3.8) is 0 Å². The first-order chi connectivity index (χ1) is 9.45. The molecule has 2 aromatic rings. The van der Waals surface area contributed by atoms with Gasteiger partial charge in [0.25, 0.3) is 0 Å². The SMILES string of the molecule is Cn1cccc1C=C1C=Nc2cc(C(F)(F)F)ccc21. The van der Waals surface area contributed by atoms with Gasteiger partial charge in [-0.1, -0.05) is 6.07 Å². The van der Waals surface area contributed by atoms with Crippen LogP contribution in [0.15, 0.2) is 41.5 Å². The number of alkyl halides is 3. The lowest BCUT2D eigenvalue weighted by Crippen LogP contribution is -2.04. The average molecular weight is 276 g/mol. The van der Waals surface area contributed by atoms with Crippen LogP contribution in [0.25, 0.3) is 11.6 Å². The molecule has 0 saturated heterocycles. The fourth-order valence-corrected chi connectivity index (χ4v) is 2.17. The van der Waals surface area contributed by atoms with Crippen LogP contribution in [0.1, 0.15) is 16.8 Å². The normalized spacial score (nSPS) is 15.9. The second kappa shape index (κ2) is 4.37. The van der Waals surface area contributed by atoms with Crippen LogP contribution in [-0.2, 0) is 13.2 Å². The smallest absolute Gasteiger partial charge is 0.351 e. The number of hydrogen-bond acceptors (Lipinski definition) is 1. The summed E-state index contributed by atoms with van der Waals surface area (Å²) in [7, 11) is 1.91. The van der Waals surface area contributed by atoms with E-state index in [4.69, 9.17) is 0 Å². The molecule has 3 rings (SSSR count). The van der Waals surface area contributed by atoms with Crippen LogP contribution in [0.2, 0.25) is 0 Å². The zero-order chi connectivity index (χ0) is 14.3. The average Bonchev–Trinajstić information content (AvgIpc) is 2.96. The Kier molecular flexibility index (Phi) is 2.78. The molecule has 2 nitrogen and oxygen atoms in total. The summed E-state index contributed by atoms with van der Waals surface area (Å²) in [5.74, 6) is 0. The summed E-state index contributed by atoms with van der Waals surface area (Å²) in [6.45, 7) is 0. The van der Waals surface area contributed by atoms with E-state index in [1.165, 1.54) is 6.07 Å². The van der Waals surface area contributed by atoms with Gasteiger partial charge in [-0.05, 0) is 30.3 Å². The molecule has 0 amide bonds. The number of aryl methyl sites for hydroxylation is 1. The van der Waals surface area contributed by atoms with Gasteiger partial charge in [0.2, 0.25) is 0 Å². The van der Waals surface area contributed by atoms with E-state index < -0.39 is 11.7 Å². The van der Waals surface area contributed by atoms with E-state index in [9.17, 15) is 13.2 Å². The molecular weight excluding hydrogens is 265 g/mol. The van der Waals surface area contributed by atoms with Gasteiger partial charge in [0.15, 0.2) is 0 Å². The lowest BCUT2D eigenvalue weighted by atomic mass is 10.0. The Labute approximate surface area is 113 Å². The molecule has 1 aliphatic heterocycles. The first-order valence-corrected chi connectivity index (χ1v) is 6.04. The van der Waals surface area contributed by atoms with Crippen LogP contribution in [0, 0.1) is 0 Å². The van der Waals surface area contributed by atoms with E-state index in [1.807, 2.05) is 36.0 Å². The van der Waals surface area contributed by atoms with E-state index in [1.54, 1.807) is 6.21 Å². The number of rotatable bonds is 1. The number of aliphatic imine (C=N–C) groups is 1. The maximum absolute atomic E-state index is 12.6. The van der Waals surface area contributed by atoms with E-state index in [2.05, 4.69) is 4.99 Å². The fourth-order valence-electron chi connectivity index (χ4n) is 2.17. The Hall–Kier alpha value is -2.30. The molecule has 20 heavy (non-hydrogen) atoms. The third-order valence-corrected chi connectivity index (χ3v) is 3.27. The highest BCUT2D eigenvalue weighted by molar-refractivity contribution is 6.21. The van der Waals surface area contributed by atoms with Gasteiger partial charge in [0.1, 0.15) is 0 Å². The Balaban J connectivity index is 2.02. The van der Waals surface area contributed by atoms with Gasteiger partial charge < -0.3 is 4.57 Å². The number of allylic oxidation sites excluding steroid dienone is 1. The van der Waals surface area contributed by atoms with Crippen LogP contribution >= 0.6 is 0 Å². The lowest BCUT2D eigenvalue weighted by Gasteiger charge is -2.08. The summed E-state index contributed by atoms with van der Waals surface area (Å²) in [6, 6.07) is 7.49. The van der Waals surface area contributed by atoms with Crippen molar-refractivity contribution in [3.8, 4) is 0 Å². The molecule has 102 valence electrons. The van der Waals surface area contributed by atoms with Crippen molar-refractivity contribution < 1.29 is 13.2 Å².